The molecule has 0 aliphatic carbocycles. The van der Waals surface area contributed by atoms with Crippen LogP contribution in [0, 0.1) is 17.3 Å². The molecule has 42 heavy (non-hydrogen) atoms. The molecule has 0 unspecified atom stereocenters. The topological polar surface area (TPSA) is 158 Å². The number of Topliss-reactive ketones (excluding diaryl/α,β-unsaturated/α-hetero) is 1. The molecular formula is C31H40N4O7. The summed E-state index contributed by atoms with van der Waals surface area (Å²) in [6.07, 6.45) is 3.23. The average Bonchev–Trinajstić information content (AvgIpc) is 2.99. The first kappa shape index (κ1) is 31.3. The van der Waals surface area contributed by atoms with E-state index in [1.807, 2.05) is 18.2 Å². The normalized spacial score (nSPS) is 26.7. The lowest BCUT2D eigenvalue weighted by atomic mass is 9.77. The van der Waals surface area contributed by atoms with E-state index in [4.69, 9.17) is 4.74 Å². The Balaban J connectivity index is 1.75. The zero-order valence-electron chi connectivity index (χ0n) is 24.5. The first-order chi connectivity index (χ1) is 20.0. The highest BCUT2D eigenvalue weighted by Crippen LogP contribution is 2.29. The van der Waals surface area contributed by atoms with Crippen LogP contribution in [0.1, 0.15) is 64.3 Å². The number of aliphatic hydroxyl groups excluding tert-OH is 2. The first-order valence-electron chi connectivity index (χ1n) is 14.4. The van der Waals surface area contributed by atoms with Crippen molar-refractivity contribution in [3.63, 3.8) is 0 Å². The lowest BCUT2D eigenvalue weighted by molar-refractivity contribution is -0.157. The standard InChI is InChI=1S/C31H40N4O7/c1-18(2)23-15-27(38)31(16-36,17-37)12-11-21-7-8-22-9-10-24(33-26(22)14-21)20(4)42-30(41)25-6-5-13-35(34-25)29(40)19(3)32-28(23)39/h7-12,14,18-20,23,25,34,36-37H,5-6,13,15-17H2,1-4H3,(H,32,39)/b12-11+/t19-,20+,23-,25-/m0/s1. The molecule has 2 amide bonds. The third-order valence-electron chi connectivity index (χ3n) is 8.17. The average molecular weight is 581 g/mol. The van der Waals surface area contributed by atoms with Gasteiger partial charge in [0, 0.05) is 24.3 Å². The Morgan fingerprint density at radius 3 is 2.50 bits per heavy atom. The number of carbonyl (C=O) groups is 4. The van der Waals surface area contributed by atoms with Gasteiger partial charge < -0.3 is 20.3 Å². The minimum absolute atomic E-state index is 0.244. The molecule has 226 valence electrons. The van der Waals surface area contributed by atoms with Crippen LogP contribution in [-0.4, -0.2) is 75.6 Å². The number of esters is 1. The Labute approximate surface area is 245 Å². The molecule has 11 heteroatoms. The zero-order chi connectivity index (χ0) is 30.6. The van der Waals surface area contributed by atoms with Crippen LogP contribution in [0.2, 0.25) is 0 Å². The SMILES string of the molecule is CC(C)[C@@H]1CC(=O)C(CO)(CO)/C=C/c2ccc3ccc(nc3c2)[C@@H](C)OC(=O)[C@@H]2CCCN(N2)C(=O)[C@H](C)NC1=O. The Kier molecular flexibility index (Phi) is 9.75. The fourth-order valence-corrected chi connectivity index (χ4v) is 5.24. The van der Waals surface area contributed by atoms with E-state index in [-0.39, 0.29) is 12.3 Å². The number of cyclic esters (lactones) is 1. The molecule has 2 aromatic rings. The third kappa shape index (κ3) is 6.69. The van der Waals surface area contributed by atoms with Crippen LogP contribution in [0.3, 0.4) is 0 Å². The number of benzene rings is 1. The molecule has 1 aromatic carbocycles. The molecule has 5 bridgehead atoms. The van der Waals surface area contributed by atoms with Crippen molar-refractivity contribution < 1.29 is 34.1 Å². The number of ketones is 1. The summed E-state index contributed by atoms with van der Waals surface area (Å²) in [7, 11) is 0. The summed E-state index contributed by atoms with van der Waals surface area (Å²) in [5.74, 6) is -3.00. The van der Waals surface area contributed by atoms with E-state index in [2.05, 4.69) is 15.7 Å². The van der Waals surface area contributed by atoms with Crippen molar-refractivity contribution in [2.24, 2.45) is 17.3 Å². The lowest BCUT2D eigenvalue weighted by Crippen LogP contribution is -2.59. The van der Waals surface area contributed by atoms with E-state index >= 15 is 0 Å². The summed E-state index contributed by atoms with van der Waals surface area (Å²) in [5.41, 5.74) is 3.18. The molecule has 0 saturated carbocycles. The van der Waals surface area contributed by atoms with Crippen LogP contribution >= 0.6 is 0 Å². The van der Waals surface area contributed by atoms with Gasteiger partial charge in [0.15, 0.2) is 0 Å². The number of carbonyl (C=O) groups excluding carboxylic acids is 4. The van der Waals surface area contributed by atoms with Crippen LogP contribution in [0.4, 0.5) is 0 Å². The van der Waals surface area contributed by atoms with Gasteiger partial charge in [0.1, 0.15) is 24.0 Å². The number of hydrazine groups is 1. The van der Waals surface area contributed by atoms with Crippen molar-refractivity contribution >= 4 is 40.5 Å². The molecule has 3 heterocycles. The van der Waals surface area contributed by atoms with E-state index in [1.54, 1.807) is 45.9 Å². The number of nitrogens with zero attached hydrogens (tertiary/aromatic N) is 2. The maximum atomic E-state index is 13.5. The smallest absolute Gasteiger partial charge is 0.325 e. The number of aromatic nitrogens is 1. The van der Waals surface area contributed by atoms with Crippen LogP contribution in [0.25, 0.3) is 17.0 Å². The van der Waals surface area contributed by atoms with Gasteiger partial charge in [-0.25, -0.2) is 10.4 Å². The molecule has 0 spiro atoms. The van der Waals surface area contributed by atoms with E-state index in [9.17, 15) is 29.4 Å². The molecule has 4 N–H and O–H groups in total. The van der Waals surface area contributed by atoms with Crippen molar-refractivity contribution in [3.8, 4) is 0 Å². The molecule has 11 nitrogen and oxygen atoms in total. The molecule has 1 fully saturated rings. The van der Waals surface area contributed by atoms with Gasteiger partial charge in [-0.15, -0.1) is 0 Å². The van der Waals surface area contributed by atoms with Gasteiger partial charge >= 0.3 is 5.97 Å². The molecule has 0 radical (unpaired) electrons. The summed E-state index contributed by atoms with van der Waals surface area (Å²) in [4.78, 5) is 57.9. The number of nitrogens with one attached hydrogen (secondary N) is 2. The van der Waals surface area contributed by atoms with Gasteiger partial charge in [-0.05, 0) is 50.3 Å². The molecular weight excluding hydrogens is 540 g/mol. The summed E-state index contributed by atoms with van der Waals surface area (Å²) in [6.45, 7) is 5.90. The maximum Gasteiger partial charge on any atom is 0.325 e. The predicted octanol–water partition coefficient (Wildman–Crippen LogP) is 2.07. The second kappa shape index (κ2) is 13.1. The monoisotopic (exact) mass is 580 g/mol. The van der Waals surface area contributed by atoms with Crippen molar-refractivity contribution in [3.05, 3.63) is 47.7 Å². The number of ether oxygens (including phenoxy) is 1. The second-order valence-electron chi connectivity index (χ2n) is 11.6. The summed E-state index contributed by atoms with van der Waals surface area (Å²) in [5, 5.41) is 25.4. The summed E-state index contributed by atoms with van der Waals surface area (Å²) >= 11 is 0. The van der Waals surface area contributed by atoms with Crippen molar-refractivity contribution in [2.45, 2.75) is 65.1 Å². The van der Waals surface area contributed by atoms with Gasteiger partial charge in [-0.2, -0.15) is 0 Å². The summed E-state index contributed by atoms with van der Waals surface area (Å²) in [6, 6.07) is 7.46. The van der Waals surface area contributed by atoms with Crippen LogP contribution < -0.4 is 10.7 Å². The number of amides is 2. The first-order valence-corrected chi connectivity index (χ1v) is 14.4. The Bertz CT molecular complexity index is 1370. The van der Waals surface area contributed by atoms with Gasteiger partial charge in [0.25, 0.3) is 5.91 Å². The highest BCUT2D eigenvalue weighted by atomic mass is 16.5. The Morgan fingerprint density at radius 2 is 1.81 bits per heavy atom. The van der Waals surface area contributed by atoms with Crippen LogP contribution in [0.15, 0.2) is 36.4 Å². The number of aliphatic hydroxyl groups is 2. The van der Waals surface area contributed by atoms with Crippen molar-refractivity contribution in [1.82, 2.24) is 20.7 Å². The minimum Gasteiger partial charge on any atom is -0.455 e. The minimum atomic E-state index is -1.62. The van der Waals surface area contributed by atoms with Crippen molar-refractivity contribution in [1.29, 1.82) is 0 Å². The number of pyridine rings is 1. The zero-order valence-corrected chi connectivity index (χ0v) is 24.5. The number of hydrogen-bond acceptors (Lipinski definition) is 9. The van der Waals surface area contributed by atoms with Gasteiger partial charge in [0.2, 0.25) is 5.91 Å². The molecule has 4 atom stereocenters. The molecule has 1 aromatic heterocycles. The Hall–Kier alpha value is -3.67. The fourth-order valence-electron chi connectivity index (χ4n) is 5.24. The molecule has 4 rings (SSSR count). The van der Waals surface area contributed by atoms with Crippen LogP contribution in [0.5, 0.6) is 0 Å². The number of rotatable bonds is 3. The summed E-state index contributed by atoms with van der Waals surface area (Å²) < 4.78 is 5.73. The predicted molar refractivity (Wildman–Crippen MR) is 155 cm³/mol. The Morgan fingerprint density at radius 1 is 1.10 bits per heavy atom. The lowest BCUT2D eigenvalue weighted by Gasteiger charge is -2.35. The van der Waals surface area contributed by atoms with Crippen molar-refractivity contribution in [2.75, 3.05) is 19.8 Å². The maximum absolute atomic E-state index is 13.5. The highest BCUT2D eigenvalue weighted by Gasteiger charge is 2.39. The van der Waals surface area contributed by atoms with Gasteiger partial charge in [-0.1, -0.05) is 44.2 Å². The molecule has 2 aliphatic heterocycles. The fraction of sp³-hybridized carbons (Fsp3) is 0.516. The highest BCUT2D eigenvalue weighted by molar-refractivity contribution is 5.94. The number of hydrogen-bond donors (Lipinski definition) is 4. The van der Waals surface area contributed by atoms with E-state index < -0.39 is 66.3 Å². The van der Waals surface area contributed by atoms with E-state index in [1.165, 1.54) is 11.1 Å². The van der Waals surface area contributed by atoms with E-state index in [0.717, 1.165) is 5.39 Å². The second-order valence-corrected chi connectivity index (χ2v) is 11.6. The van der Waals surface area contributed by atoms with Gasteiger partial charge in [-0.3, -0.25) is 24.2 Å². The number of fused-ring (bicyclic) bond motifs is 4. The quantitative estimate of drug-likeness (QED) is 0.399. The molecule has 2 aliphatic rings. The van der Waals surface area contributed by atoms with Gasteiger partial charge in [0.05, 0.1) is 29.8 Å². The van der Waals surface area contributed by atoms with Crippen LogP contribution in [-0.2, 0) is 23.9 Å². The van der Waals surface area contributed by atoms with E-state index in [0.29, 0.717) is 36.2 Å². The third-order valence-corrected chi connectivity index (χ3v) is 8.17. The largest absolute Gasteiger partial charge is 0.455 e. The molecule has 1 saturated heterocycles.